The number of hydrogen-bond acceptors (Lipinski definition) is 4. The Morgan fingerprint density at radius 1 is 1.08 bits per heavy atom. The van der Waals surface area contributed by atoms with Crippen molar-refractivity contribution in [3.63, 3.8) is 0 Å². The molecule has 0 amide bonds. The molecule has 1 aromatic carbocycles. The normalized spacial score (nSPS) is 10.2. The number of aliphatic hydroxyl groups excluding tert-OH is 1. The van der Waals surface area contributed by atoms with Gasteiger partial charge in [-0.15, -0.1) is 12.4 Å². The summed E-state index contributed by atoms with van der Waals surface area (Å²) in [5, 5.41) is 12.2. The van der Waals surface area contributed by atoms with Crippen LogP contribution in [0.3, 0.4) is 0 Å². The standard InChI is InChI=1S/C18H22N4O.ClH.H2O/c1-13-20-16-12-15(14-8-4-2-5-9-14)22-17(16)18(21-13)19-10-6-3-7-11-23;;/h2,4-5,8-9,12,22-23H,3,6-7,10-11H2,1H3,(H,19,20,21);1H;1H2. The monoisotopic (exact) mass is 364 g/mol. The molecule has 136 valence electrons. The lowest BCUT2D eigenvalue weighted by Gasteiger charge is -2.07. The molecule has 25 heavy (non-hydrogen) atoms. The van der Waals surface area contributed by atoms with Crippen LogP contribution in [0.4, 0.5) is 5.82 Å². The number of nitrogens with one attached hydrogen (secondary N) is 2. The van der Waals surface area contributed by atoms with E-state index in [1.165, 1.54) is 0 Å². The lowest BCUT2D eigenvalue weighted by molar-refractivity contribution is 0.283. The van der Waals surface area contributed by atoms with Gasteiger partial charge in [-0.1, -0.05) is 30.3 Å². The van der Waals surface area contributed by atoms with Crippen LogP contribution in [0, 0.1) is 6.92 Å². The molecule has 0 bridgehead atoms. The number of aromatic amines is 1. The molecule has 0 atom stereocenters. The van der Waals surface area contributed by atoms with Crippen molar-refractivity contribution in [1.82, 2.24) is 15.0 Å². The maximum Gasteiger partial charge on any atom is 0.154 e. The molecule has 3 rings (SSSR count). The van der Waals surface area contributed by atoms with E-state index < -0.39 is 0 Å². The number of unbranched alkanes of at least 4 members (excludes halogenated alkanes) is 2. The van der Waals surface area contributed by atoms with E-state index in [9.17, 15) is 0 Å². The second kappa shape index (κ2) is 9.98. The van der Waals surface area contributed by atoms with Crippen molar-refractivity contribution in [2.75, 3.05) is 18.5 Å². The van der Waals surface area contributed by atoms with E-state index in [0.29, 0.717) is 0 Å². The maximum atomic E-state index is 8.83. The zero-order valence-corrected chi connectivity index (χ0v) is 15.1. The lowest BCUT2D eigenvalue weighted by atomic mass is 10.2. The number of aromatic nitrogens is 3. The Kier molecular flexibility index (Phi) is 8.34. The van der Waals surface area contributed by atoms with Gasteiger partial charge in [0.15, 0.2) is 5.82 Å². The van der Waals surface area contributed by atoms with Crippen molar-refractivity contribution in [2.24, 2.45) is 0 Å². The first-order valence-electron chi connectivity index (χ1n) is 8.05. The fraction of sp³-hybridized carbons (Fsp3) is 0.333. The molecule has 0 aliphatic rings. The molecule has 0 fully saturated rings. The van der Waals surface area contributed by atoms with Gasteiger partial charge in [-0.25, -0.2) is 9.97 Å². The SMILES string of the molecule is Cc1nc(NCCCCCO)c2[nH]c(-c3ccccc3)cc2n1.Cl.O. The summed E-state index contributed by atoms with van der Waals surface area (Å²) in [6, 6.07) is 12.3. The van der Waals surface area contributed by atoms with Gasteiger partial charge < -0.3 is 20.9 Å². The van der Waals surface area contributed by atoms with E-state index in [4.69, 9.17) is 5.11 Å². The number of hydrogen-bond donors (Lipinski definition) is 3. The van der Waals surface area contributed by atoms with Crippen LogP contribution in [-0.2, 0) is 0 Å². The molecule has 0 saturated carbocycles. The number of H-pyrrole nitrogens is 1. The van der Waals surface area contributed by atoms with Gasteiger partial charge in [-0.3, -0.25) is 0 Å². The number of nitrogens with zero attached hydrogens (tertiary/aromatic N) is 2. The second-order valence-corrected chi connectivity index (χ2v) is 5.64. The summed E-state index contributed by atoms with van der Waals surface area (Å²) in [5.41, 5.74) is 4.05. The molecule has 0 spiro atoms. The van der Waals surface area contributed by atoms with Crippen LogP contribution >= 0.6 is 12.4 Å². The van der Waals surface area contributed by atoms with Gasteiger partial charge in [0.1, 0.15) is 11.3 Å². The van der Waals surface area contributed by atoms with Crippen molar-refractivity contribution < 1.29 is 10.6 Å². The van der Waals surface area contributed by atoms with Crippen molar-refractivity contribution in [3.8, 4) is 11.3 Å². The van der Waals surface area contributed by atoms with E-state index in [2.05, 4.69) is 38.5 Å². The summed E-state index contributed by atoms with van der Waals surface area (Å²) < 4.78 is 0. The predicted molar refractivity (Wildman–Crippen MR) is 104 cm³/mol. The molecule has 0 saturated heterocycles. The third-order valence-electron chi connectivity index (χ3n) is 3.80. The van der Waals surface area contributed by atoms with Gasteiger partial charge in [-0.05, 0) is 37.8 Å². The van der Waals surface area contributed by atoms with Crippen LogP contribution in [0.25, 0.3) is 22.3 Å². The van der Waals surface area contributed by atoms with Crippen LogP contribution in [0.2, 0.25) is 0 Å². The smallest absolute Gasteiger partial charge is 0.154 e. The Labute approximate surface area is 153 Å². The summed E-state index contributed by atoms with van der Waals surface area (Å²) in [7, 11) is 0. The molecule has 0 radical (unpaired) electrons. The van der Waals surface area contributed by atoms with Gasteiger partial charge in [0.25, 0.3) is 0 Å². The topological polar surface area (TPSA) is 105 Å². The summed E-state index contributed by atoms with van der Waals surface area (Å²) in [6.07, 6.45) is 2.87. The van der Waals surface area contributed by atoms with Crippen molar-refractivity contribution in [1.29, 1.82) is 0 Å². The zero-order chi connectivity index (χ0) is 16.1. The summed E-state index contributed by atoms with van der Waals surface area (Å²) in [5.74, 6) is 1.60. The minimum atomic E-state index is 0. The molecule has 0 unspecified atom stereocenters. The maximum absolute atomic E-state index is 8.83. The highest BCUT2D eigenvalue weighted by Gasteiger charge is 2.10. The molecule has 6 nitrogen and oxygen atoms in total. The van der Waals surface area contributed by atoms with Crippen molar-refractivity contribution in [3.05, 3.63) is 42.2 Å². The average molecular weight is 365 g/mol. The first-order chi connectivity index (χ1) is 11.3. The Bertz CT molecular complexity index is 777. The van der Waals surface area contributed by atoms with Crippen LogP contribution in [-0.4, -0.2) is 38.7 Å². The van der Waals surface area contributed by atoms with Gasteiger partial charge in [0, 0.05) is 18.8 Å². The number of fused-ring (bicyclic) bond motifs is 1. The number of aryl methyl sites for hydroxylation is 1. The summed E-state index contributed by atoms with van der Waals surface area (Å²) in [4.78, 5) is 12.5. The lowest BCUT2D eigenvalue weighted by Crippen LogP contribution is -2.06. The molecule has 7 heteroatoms. The first kappa shape index (κ1) is 20.9. The highest BCUT2D eigenvalue weighted by molar-refractivity contribution is 5.90. The highest BCUT2D eigenvalue weighted by Crippen LogP contribution is 2.26. The van der Waals surface area contributed by atoms with Crippen molar-refractivity contribution in [2.45, 2.75) is 26.2 Å². The Balaban J connectivity index is 0.00000156. The molecular weight excluding hydrogens is 340 g/mol. The predicted octanol–water partition coefficient (Wildman–Crippen LogP) is 3.10. The van der Waals surface area contributed by atoms with Gasteiger partial charge in [0.05, 0.1) is 5.52 Å². The number of anilines is 1. The van der Waals surface area contributed by atoms with Crippen molar-refractivity contribution >= 4 is 29.3 Å². The van der Waals surface area contributed by atoms with Crippen LogP contribution in [0.5, 0.6) is 0 Å². The molecule has 2 heterocycles. The van der Waals surface area contributed by atoms with Crippen LogP contribution < -0.4 is 5.32 Å². The second-order valence-electron chi connectivity index (χ2n) is 5.64. The first-order valence-corrected chi connectivity index (χ1v) is 8.05. The number of aliphatic hydroxyl groups is 1. The van der Waals surface area contributed by atoms with Gasteiger partial charge in [0.2, 0.25) is 0 Å². The minimum absolute atomic E-state index is 0. The van der Waals surface area contributed by atoms with Crippen LogP contribution in [0.15, 0.2) is 36.4 Å². The molecule has 3 aromatic rings. The number of benzene rings is 1. The van der Waals surface area contributed by atoms with E-state index in [0.717, 1.165) is 59.7 Å². The van der Waals surface area contributed by atoms with E-state index in [1.807, 2.05) is 25.1 Å². The van der Waals surface area contributed by atoms with E-state index in [1.54, 1.807) is 0 Å². The fourth-order valence-electron chi connectivity index (χ4n) is 2.65. The Hall–Kier alpha value is -2.15. The Morgan fingerprint density at radius 2 is 1.84 bits per heavy atom. The van der Waals surface area contributed by atoms with E-state index in [-0.39, 0.29) is 24.5 Å². The molecule has 2 aromatic heterocycles. The van der Waals surface area contributed by atoms with Gasteiger partial charge >= 0.3 is 0 Å². The number of halogens is 1. The third kappa shape index (κ3) is 5.16. The zero-order valence-electron chi connectivity index (χ0n) is 14.2. The Morgan fingerprint density at radius 3 is 2.56 bits per heavy atom. The number of rotatable bonds is 7. The van der Waals surface area contributed by atoms with Crippen LogP contribution in [0.1, 0.15) is 25.1 Å². The quantitative estimate of drug-likeness (QED) is 0.560. The van der Waals surface area contributed by atoms with Gasteiger partial charge in [-0.2, -0.15) is 0 Å². The average Bonchev–Trinajstić information content (AvgIpc) is 2.99. The summed E-state index contributed by atoms with van der Waals surface area (Å²) in [6.45, 7) is 3.00. The molecule has 5 N–H and O–H groups in total. The minimum Gasteiger partial charge on any atom is -0.412 e. The largest absolute Gasteiger partial charge is 0.412 e. The fourth-order valence-corrected chi connectivity index (χ4v) is 2.65. The van der Waals surface area contributed by atoms with E-state index >= 15 is 0 Å². The summed E-state index contributed by atoms with van der Waals surface area (Å²) >= 11 is 0. The molecule has 0 aliphatic carbocycles. The third-order valence-corrected chi connectivity index (χ3v) is 3.80. The highest BCUT2D eigenvalue weighted by atomic mass is 35.5. The molecule has 0 aliphatic heterocycles. The molecular formula is C18H25ClN4O2.